The number of nitrogens with zero attached hydrogens (tertiary/aromatic N) is 3. The normalized spacial score (nSPS) is 14.2. The Morgan fingerprint density at radius 1 is 0.978 bits per heavy atom. The largest absolute Gasteiger partial charge is 0.493 e. The van der Waals surface area contributed by atoms with Crippen LogP contribution in [0.4, 0.5) is 11.6 Å². The van der Waals surface area contributed by atoms with Crippen LogP contribution in [0.25, 0.3) is 0 Å². The van der Waals surface area contributed by atoms with Gasteiger partial charge in [-0.05, 0) is 105 Å². The number of nitrogens with one attached hydrogen (secondary N) is 2. The first-order valence-electron chi connectivity index (χ1n) is 15.4. The fraction of sp³-hybridized carbons (Fsp3) is 0.361. The number of aryl methyl sites for hydroxylation is 4. The molecule has 2 N–H and O–H groups in total. The molecule has 8 nitrogen and oxygen atoms in total. The van der Waals surface area contributed by atoms with Crippen molar-refractivity contribution >= 4 is 29.3 Å². The average molecular weight is 626 g/mol. The molecule has 0 aliphatic carbocycles. The fourth-order valence-electron chi connectivity index (χ4n) is 5.48. The van der Waals surface area contributed by atoms with Gasteiger partial charge in [0.1, 0.15) is 12.6 Å². The lowest BCUT2D eigenvalue weighted by Crippen LogP contribution is -2.31. The van der Waals surface area contributed by atoms with Gasteiger partial charge in [0, 0.05) is 17.1 Å². The van der Waals surface area contributed by atoms with Crippen LogP contribution < -0.4 is 20.1 Å². The maximum absolute atomic E-state index is 14.1. The van der Waals surface area contributed by atoms with E-state index in [-0.39, 0.29) is 5.91 Å². The number of amides is 1. The van der Waals surface area contributed by atoms with E-state index in [2.05, 4.69) is 50.5 Å². The van der Waals surface area contributed by atoms with Gasteiger partial charge in [-0.15, -0.1) is 5.10 Å². The smallest absolute Gasteiger partial charge is 0.255 e. The number of benzene rings is 3. The van der Waals surface area contributed by atoms with Crippen LogP contribution in [0.3, 0.4) is 0 Å². The van der Waals surface area contributed by atoms with Crippen LogP contribution in [-0.4, -0.2) is 33.5 Å². The topological polar surface area (TPSA) is 90.3 Å². The van der Waals surface area contributed by atoms with Crippen molar-refractivity contribution in [1.82, 2.24) is 14.8 Å². The fourth-order valence-corrected chi connectivity index (χ4v) is 6.40. The van der Waals surface area contributed by atoms with Crippen LogP contribution >= 0.6 is 11.8 Å². The zero-order valence-corrected chi connectivity index (χ0v) is 28.3. The molecule has 236 valence electrons. The highest BCUT2D eigenvalue weighted by Gasteiger charge is 2.35. The molecule has 0 saturated heterocycles. The van der Waals surface area contributed by atoms with E-state index in [1.54, 1.807) is 18.9 Å². The van der Waals surface area contributed by atoms with Crippen molar-refractivity contribution in [1.29, 1.82) is 0 Å². The highest BCUT2D eigenvalue weighted by molar-refractivity contribution is 7.99. The minimum absolute atomic E-state index is 0.204. The van der Waals surface area contributed by atoms with Crippen molar-refractivity contribution in [2.45, 2.75) is 79.1 Å². The summed E-state index contributed by atoms with van der Waals surface area (Å²) in [6.45, 7) is 14.9. The molecule has 0 fully saturated rings. The van der Waals surface area contributed by atoms with Crippen LogP contribution in [0.15, 0.2) is 65.0 Å². The first-order valence-corrected chi connectivity index (χ1v) is 16.4. The van der Waals surface area contributed by atoms with Crippen LogP contribution in [-0.2, 0) is 11.4 Å². The van der Waals surface area contributed by atoms with Gasteiger partial charge in [-0.25, -0.2) is 4.68 Å². The lowest BCUT2D eigenvalue weighted by Gasteiger charge is -2.29. The van der Waals surface area contributed by atoms with E-state index >= 15 is 0 Å². The molecule has 1 aliphatic heterocycles. The second-order valence-corrected chi connectivity index (χ2v) is 12.8. The van der Waals surface area contributed by atoms with E-state index in [1.807, 2.05) is 61.9 Å². The lowest BCUT2D eigenvalue weighted by molar-refractivity contribution is -0.113. The molecular formula is C36H43N5O3S. The first kappa shape index (κ1) is 32.2. The number of methoxy groups -OCH3 is 1. The van der Waals surface area contributed by atoms with Crippen molar-refractivity contribution in [3.05, 3.63) is 98.7 Å². The van der Waals surface area contributed by atoms with Gasteiger partial charge >= 0.3 is 0 Å². The second kappa shape index (κ2) is 13.8. The number of thioether (sulfide) groups is 1. The van der Waals surface area contributed by atoms with Crippen molar-refractivity contribution in [2.75, 3.05) is 23.5 Å². The predicted octanol–water partition coefficient (Wildman–Crippen LogP) is 8.23. The highest BCUT2D eigenvalue weighted by Crippen LogP contribution is 2.40. The Morgan fingerprint density at radius 2 is 1.76 bits per heavy atom. The molecule has 0 bridgehead atoms. The second-order valence-electron chi connectivity index (χ2n) is 11.7. The van der Waals surface area contributed by atoms with Gasteiger partial charge in [0.15, 0.2) is 11.5 Å². The van der Waals surface area contributed by atoms with Crippen LogP contribution in [0.1, 0.15) is 71.7 Å². The molecule has 3 aromatic carbocycles. The van der Waals surface area contributed by atoms with E-state index in [0.717, 1.165) is 52.2 Å². The molecule has 0 spiro atoms. The van der Waals surface area contributed by atoms with Gasteiger partial charge in [-0.1, -0.05) is 55.4 Å². The zero-order valence-electron chi connectivity index (χ0n) is 27.5. The summed E-state index contributed by atoms with van der Waals surface area (Å²) in [5.41, 5.74) is 9.85. The molecule has 1 amide bonds. The Kier molecular flexibility index (Phi) is 9.87. The first-order chi connectivity index (χ1) is 21.6. The zero-order chi connectivity index (χ0) is 32.2. The molecule has 1 aromatic heterocycles. The highest BCUT2D eigenvalue weighted by atomic mass is 32.2. The van der Waals surface area contributed by atoms with Gasteiger partial charge in [0.05, 0.1) is 12.7 Å². The lowest BCUT2D eigenvalue weighted by atomic mass is 9.94. The van der Waals surface area contributed by atoms with Gasteiger partial charge < -0.3 is 20.1 Å². The summed E-state index contributed by atoms with van der Waals surface area (Å²) in [5.74, 6) is 2.54. The van der Waals surface area contributed by atoms with Crippen molar-refractivity contribution in [2.24, 2.45) is 0 Å². The van der Waals surface area contributed by atoms with Crippen molar-refractivity contribution < 1.29 is 14.3 Å². The number of ether oxygens (including phenoxy) is 2. The van der Waals surface area contributed by atoms with Gasteiger partial charge in [-0.3, -0.25) is 4.79 Å². The Labute approximate surface area is 270 Å². The number of unbranched alkanes of at least 4 members (excludes halogenated alkanes) is 1. The van der Waals surface area contributed by atoms with E-state index in [0.29, 0.717) is 34.8 Å². The number of allylic oxidation sites excluding steroid dienone is 1. The molecule has 2 heterocycles. The van der Waals surface area contributed by atoms with Crippen molar-refractivity contribution in [3.8, 4) is 11.5 Å². The quantitative estimate of drug-likeness (QED) is 0.128. The summed E-state index contributed by atoms with van der Waals surface area (Å²) in [6, 6.07) is 15.6. The summed E-state index contributed by atoms with van der Waals surface area (Å²) in [4.78, 5) is 18.9. The molecule has 0 radical (unpaired) electrons. The number of anilines is 2. The van der Waals surface area contributed by atoms with E-state index in [4.69, 9.17) is 19.6 Å². The molecule has 9 heteroatoms. The van der Waals surface area contributed by atoms with E-state index in [1.165, 1.54) is 16.7 Å². The van der Waals surface area contributed by atoms with E-state index in [9.17, 15) is 4.79 Å². The summed E-state index contributed by atoms with van der Waals surface area (Å²) in [6.07, 6.45) is 2.18. The number of hydrogen-bond acceptors (Lipinski definition) is 7. The molecule has 1 unspecified atom stereocenters. The van der Waals surface area contributed by atoms with Gasteiger partial charge in [0.25, 0.3) is 5.91 Å². The average Bonchev–Trinajstić information content (AvgIpc) is 3.42. The molecular weight excluding hydrogens is 582 g/mol. The van der Waals surface area contributed by atoms with Gasteiger partial charge in [-0.2, -0.15) is 4.98 Å². The Morgan fingerprint density at radius 3 is 2.51 bits per heavy atom. The maximum Gasteiger partial charge on any atom is 0.255 e. The standard InChI is InChI=1S/C36H43N5O3S/c1-9-10-16-45-36-39-35-37-26(7)32(34(42)38-29-13-11-12-21(2)25(29)6)33(41(35)40-36)27-14-15-30(31(19-27)43-8)44-20-28-18-23(4)22(3)17-24(28)5/h11-15,17-19,33H,9-10,16,20H2,1-8H3,(H,38,42)(H,37,39,40). The summed E-state index contributed by atoms with van der Waals surface area (Å²) in [7, 11) is 1.63. The Balaban J connectivity index is 1.51. The summed E-state index contributed by atoms with van der Waals surface area (Å²) in [5, 5.41) is 12.1. The Hall–Kier alpha value is -4.24. The van der Waals surface area contributed by atoms with Crippen LogP contribution in [0.5, 0.6) is 11.5 Å². The number of carbonyl (C=O) groups is 1. The molecule has 1 atom stereocenters. The third-order valence-electron chi connectivity index (χ3n) is 8.50. The molecule has 5 rings (SSSR count). The minimum atomic E-state index is -0.538. The summed E-state index contributed by atoms with van der Waals surface area (Å²) >= 11 is 1.62. The number of fused-ring (bicyclic) bond motifs is 1. The molecule has 4 aromatic rings. The number of carbonyl (C=O) groups excluding carboxylic acids is 1. The minimum Gasteiger partial charge on any atom is -0.493 e. The third kappa shape index (κ3) is 6.88. The summed E-state index contributed by atoms with van der Waals surface area (Å²) < 4.78 is 13.9. The van der Waals surface area contributed by atoms with Crippen LogP contribution in [0, 0.1) is 34.6 Å². The third-order valence-corrected chi connectivity index (χ3v) is 9.42. The Bertz CT molecular complexity index is 1760. The monoisotopic (exact) mass is 625 g/mol. The maximum atomic E-state index is 14.1. The number of rotatable bonds is 11. The van der Waals surface area contributed by atoms with Crippen molar-refractivity contribution in [3.63, 3.8) is 0 Å². The number of aromatic nitrogens is 3. The predicted molar refractivity (Wildman–Crippen MR) is 183 cm³/mol. The molecule has 0 saturated carbocycles. The number of hydrogen-bond donors (Lipinski definition) is 2. The van der Waals surface area contributed by atoms with E-state index < -0.39 is 6.04 Å². The van der Waals surface area contributed by atoms with Crippen LogP contribution in [0.2, 0.25) is 0 Å². The molecule has 1 aliphatic rings. The SMILES string of the molecule is CCCCSc1nc2n(n1)C(c1ccc(OCc3cc(C)c(C)cc3C)c(OC)c1)C(C(=O)Nc1cccc(C)c1C)=C(C)N2. The van der Waals surface area contributed by atoms with Gasteiger partial charge in [0.2, 0.25) is 11.1 Å². The molecule has 45 heavy (non-hydrogen) atoms.